The van der Waals surface area contributed by atoms with Gasteiger partial charge in [0.15, 0.2) is 0 Å². The highest BCUT2D eigenvalue weighted by atomic mass is 19.4. The number of hydrogen-bond donors (Lipinski definition) is 1. The largest absolute Gasteiger partial charge is 0.478 e. The summed E-state index contributed by atoms with van der Waals surface area (Å²) in [6.45, 7) is 4.00. The van der Waals surface area contributed by atoms with Crippen LogP contribution in [0, 0.1) is 0 Å². The molecule has 1 saturated carbocycles. The molecule has 1 aliphatic carbocycles. The second-order valence-electron chi connectivity index (χ2n) is 3.92. The number of carboxylic acids is 1. The molecule has 0 radical (unpaired) electrons. The molecule has 2 nitrogen and oxygen atoms in total. The van der Waals surface area contributed by atoms with Crippen LogP contribution in [0.1, 0.15) is 54.1 Å². The van der Waals surface area contributed by atoms with Crippen LogP contribution in [-0.4, -0.2) is 11.1 Å². The maximum Gasteiger partial charge on any atom is 0.416 e. The van der Waals surface area contributed by atoms with Crippen LogP contribution in [-0.2, 0) is 6.18 Å². The lowest BCUT2D eigenvalue weighted by atomic mass is 10.0. The summed E-state index contributed by atoms with van der Waals surface area (Å²) < 4.78 is 37.5. The number of hydrogen-bond acceptors (Lipinski definition) is 1. The Labute approximate surface area is 103 Å². The summed E-state index contributed by atoms with van der Waals surface area (Å²) in [5.74, 6) is -1.23. The smallest absolute Gasteiger partial charge is 0.416 e. The first kappa shape index (κ1) is 14.5. The molecule has 1 aromatic carbocycles. The average Bonchev–Trinajstić information content (AvgIpc) is 3.14. The van der Waals surface area contributed by atoms with Crippen LogP contribution in [0.25, 0.3) is 0 Å². The number of carboxylic acid groups (broad SMARTS) is 1. The molecule has 0 spiro atoms. The molecule has 5 heteroatoms. The van der Waals surface area contributed by atoms with E-state index in [0.717, 1.165) is 18.9 Å². The minimum absolute atomic E-state index is 0.0976. The number of aromatic carboxylic acids is 1. The van der Waals surface area contributed by atoms with Crippen molar-refractivity contribution in [1.29, 1.82) is 0 Å². The Morgan fingerprint density at radius 3 is 2.17 bits per heavy atom. The van der Waals surface area contributed by atoms with Crippen LogP contribution >= 0.6 is 0 Å². The van der Waals surface area contributed by atoms with Gasteiger partial charge in [-0.25, -0.2) is 4.79 Å². The highest BCUT2D eigenvalue weighted by Gasteiger charge is 2.34. The number of rotatable bonds is 2. The van der Waals surface area contributed by atoms with Gasteiger partial charge in [-0.3, -0.25) is 0 Å². The highest BCUT2D eigenvalue weighted by Crippen LogP contribution is 2.42. The summed E-state index contributed by atoms with van der Waals surface area (Å²) in [7, 11) is 0. The average molecular weight is 260 g/mol. The lowest BCUT2D eigenvalue weighted by Crippen LogP contribution is -2.08. The molecule has 1 aromatic rings. The topological polar surface area (TPSA) is 37.3 Å². The van der Waals surface area contributed by atoms with Gasteiger partial charge < -0.3 is 5.11 Å². The Hall–Kier alpha value is -1.52. The summed E-state index contributed by atoms with van der Waals surface area (Å²) in [4.78, 5) is 10.7. The van der Waals surface area contributed by atoms with E-state index < -0.39 is 17.7 Å². The molecule has 0 heterocycles. The molecule has 0 unspecified atom stereocenters. The van der Waals surface area contributed by atoms with Gasteiger partial charge >= 0.3 is 12.1 Å². The van der Waals surface area contributed by atoms with Crippen molar-refractivity contribution < 1.29 is 23.1 Å². The van der Waals surface area contributed by atoms with Crippen LogP contribution in [0.4, 0.5) is 13.2 Å². The van der Waals surface area contributed by atoms with E-state index in [0.29, 0.717) is 11.6 Å². The van der Waals surface area contributed by atoms with Crippen molar-refractivity contribution in [2.45, 2.75) is 38.8 Å². The first-order valence-electron chi connectivity index (χ1n) is 5.83. The first-order chi connectivity index (χ1) is 8.38. The third-order valence-electron chi connectivity index (χ3n) is 2.58. The normalized spacial score (nSPS) is 14.7. The zero-order chi connectivity index (χ0) is 13.9. The minimum Gasteiger partial charge on any atom is -0.478 e. The van der Waals surface area contributed by atoms with Crippen molar-refractivity contribution >= 4 is 5.97 Å². The standard InChI is InChI=1S/C11H9F3O2.C2H6/c12-11(13,14)9-4-7(6-1-2-6)3-8(5-9)10(15)16;1-2/h3-6H,1-2H2,(H,15,16);1-2H3. The monoisotopic (exact) mass is 260 g/mol. The van der Waals surface area contributed by atoms with Gasteiger partial charge in [-0.15, -0.1) is 0 Å². The maximum atomic E-state index is 12.5. The van der Waals surface area contributed by atoms with Crippen LogP contribution in [0.5, 0.6) is 0 Å². The fraction of sp³-hybridized carbons (Fsp3) is 0.462. The second-order valence-corrected chi connectivity index (χ2v) is 3.92. The van der Waals surface area contributed by atoms with Crippen molar-refractivity contribution in [2.75, 3.05) is 0 Å². The van der Waals surface area contributed by atoms with Crippen molar-refractivity contribution in [3.63, 3.8) is 0 Å². The van der Waals surface area contributed by atoms with Gasteiger partial charge in [0.1, 0.15) is 0 Å². The lowest BCUT2D eigenvalue weighted by Gasteiger charge is -2.10. The van der Waals surface area contributed by atoms with E-state index in [-0.39, 0.29) is 11.5 Å². The van der Waals surface area contributed by atoms with Crippen molar-refractivity contribution in [1.82, 2.24) is 0 Å². The van der Waals surface area contributed by atoms with Crippen LogP contribution in [0.3, 0.4) is 0 Å². The van der Waals surface area contributed by atoms with Gasteiger partial charge in [-0.05, 0) is 42.5 Å². The maximum absolute atomic E-state index is 12.5. The summed E-state index contributed by atoms with van der Waals surface area (Å²) in [5, 5.41) is 8.73. The Morgan fingerprint density at radius 1 is 1.22 bits per heavy atom. The van der Waals surface area contributed by atoms with E-state index in [1.165, 1.54) is 6.07 Å². The number of halogens is 3. The van der Waals surface area contributed by atoms with Gasteiger partial charge in [0.2, 0.25) is 0 Å². The SMILES string of the molecule is CC.O=C(O)c1cc(C2CC2)cc(C(F)(F)F)c1. The molecule has 0 saturated heterocycles. The summed E-state index contributed by atoms with van der Waals surface area (Å²) in [5.41, 5.74) is -0.696. The lowest BCUT2D eigenvalue weighted by molar-refractivity contribution is -0.137. The van der Waals surface area contributed by atoms with Crippen molar-refractivity contribution in [3.05, 3.63) is 34.9 Å². The molecule has 0 aliphatic heterocycles. The van der Waals surface area contributed by atoms with E-state index in [9.17, 15) is 18.0 Å². The summed E-state index contributed by atoms with van der Waals surface area (Å²) in [6, 6.07) is 3.05. The third-order valence-corrected chi connectivity index (χ3v) is 2.58. The predicted molar refractivity (Wildman–Crippen MR) is 61.7 cm³/mol. The Balaban J connectivity index is 0.000000771. The predicted octanol–water partition coefficient (Wildman–Crippen LogP) is 4.31. The van der Waals surface area contributed by atoms with Gasteiger partial charge in [-0.1, -0.05) is 13.8 Å². The Kier molecular flexibility index (Phi) is 4.38. The molecule has 2 rings (SSSR count). The minimum atomic E-state index is -4.49. The van der Waals surface area contributed by atoms with Crippen molar-refractivity contribution in [3.8, 4) is 0 Å². The molecule has 0 aromatic heterocycles. The number of alkyl halides is 3. The van der Waals surface area contributed by atoms with Gasteiger partial charge in [-0.2, -0.15) is 13.2 Å². The second kappa shape index (κ2) is 5.42. The Morgan fingerprint density at radius 2 is 1.78 bits per heavy atom. The first-order valence-corrected chi connectivity index (χ1v) is 5.83. The van der Waals surface area contributed by atoms with E-state index in [2.05, 4.69) is 0 Å². The fourth-order valence-corrected chi connectivity index (χ4v) is 1.59. The Bertz CT molecular complexity index is 434. The molecular formula is C13H15F3O2. The molecule has 1 N–H and O–H groups in total. The zero-order valence-electron chi connectivity index (χ0n) is 10.2. The molecule has 0 atom stereocenters. The van der Waals surface area contributed by atoms with E-state index >= 15 is 0 Å². The van der Waals surface area contributed by atoms with Gasteiger partial charge in [0, 0.05) is 0 Å². The quantitative estimate of drug-likeness (QED) is 0.860. The van der Waals surface area contributed by atoms with E-state index in [1.807, 2.05) is 13.8 Å². The van der Waals surface area contributed by atoms with Crippen LogP contribution in [0.2, 0.25) is 0 Å². The molecule has 1 aliphatic rings. The van der Waals surface area contributed by atoms with Crippen LogP contribution in [0.15, 0.2) is 18.2 Å². The summed E-state index contributed by atoms with van der Waals surface area (Å²) in [6.07, 6.45) is -2.82. The zero-order valence-corrected chi connectivity index (χ0v) is 10.2. The van der Waals surface area contributed by atoms with E-state index in [4.69, 9.17) is 5.11 Å². The third kappa shape index (κ3) is 3.48. The van der Waals surface area contributed by atoms with Crippen molar-refractivity contribution in [2.24, 2.45) is 0 Å². The molecule has 18 heavy (non-hydrogen) atoms. The van der Waals surface area contributed by atoms with E-state index in [1.54, 1.807) is 0 Å². The van der Waals surface area contributed by atoms with Crippen LogP contribution < -0.4 is 0 Å². The number of benzene rings is 1. The highest BCUT2D eigenvalue weighted by molar-refractivity contribution is 5.88. The summed E-state index contributed by atoms with van der Waals surface area (Å²) >= 11 is 0. The molecule has 1 fully saturated rings. The molecule has 100 valence electrons. The molecular weight excluding hydrogens is 245 g/mol. The molecule has 0 bridgehead atoms. The molecule has 0 amide bonds. The van der Waals surface area contributed by atoms with Gasteiger partial charge in [0.25, 0.3) is 0 Å². The van der Waals surface area contributed by atoms with Gasteiger partial charge in [0.05, 0.1) is 11.1 Å². The number of carbonyl (C=O) groups is 1. The fourth-order valence-electron chi connectivity index (χ4n) is 1.59.